The number of likely N-dealkylation sites (tertiary alicyclic amines) is 1. The van der Waals surface area contributed by atoms with Crippen LogP contribution in [0, 0.1) is 28.9 Å². The van der Waals surface area contributed by atoms with E-state index in [1.807, 2.05) is 6.08 Å². The number of rotatable bonds is 6. The molecule has 10 heteroatoms. The highest BCUT2D eigenvalue weighted by molar-refractivity contribution is 5.93. The van der Waals surface area contributed by atoms with E-state index in [1.54, 1.807) is 13.8 Å². The number of allylic oxidation sites excluding steroid dienone is 2. The molecule has 0 saturated carbocycles. The molecule has 168 valence electrons. The van der Waals surface area contributed by atoms with Gasteiger partial charge in [-0.05, 0) is 42.8 Å². The zero-order valence-electron chi connectivity index (χ0n) is 18.3. The average molecular weight is 432 g/mol. The predicted molar refractivity (Wildman–Crippen MR) is 111 cm³/mol. The number of nitrogens with zero attached hydrogens (tertiary/aromatic N) is 4. The van der Waals surface area contributed by atoms with E-state index in [-0.39, 0.29) is 12.4 Å². The molecule has 0 radical (unpaired) electrons. The number of piperidine rings is 1. The molecule has 1 aliphatic heterocycles. The molecule has 0 amide bonds. The normalized spacial score (nSPS) is 21.5. The molecular weight excluding hydrogens is 404 g/mol. The number of hydrogen-bond acceptors (Lipinski definition) is 8. The van der Waals surface area contributed by atoms with Crippen molar-refractivity contribution in [1.82, 2.24) is 14.5 Å². The van der Waals surface area contributed by atoms with Gasteiger partial charge in [-0.1, -0.05) is 0 Å². The second kappa shape index (κ2) is 9.32. The number of ether oxygens (including phenoxy) is 2. The molecule has 31 heavy (non-hydrogen) atoms. The van der Waals surface area contributed by atoms with Crippen LogP contribution in [0.25, 0.3) is 0 Å². The monoisotopic (exact) mass is 432 g/mol. The van der Waals surface area contributed by atoms with Crippen LogP contribution in [0.1, 0.15) is 32.0 Å². The largest absolute Gasteiger partial charge is 0.468 e. The Morgan fingerprint density at radius 3 is 2.45 bits per heavy atom. The van der Waals surface area contributed by atoms with Gasteiger partial charge in [0.05, 0.1) is 14.2 Å². The molecule has 0 bridgehead atoms. The third-order valence-electron chi connectivity index (χ3n) is 6.06. The molecule has 0 aromatic carbocycles. The van der Waals surface area contributed by atoms with Crippen molar-refractivity contribution < 1.29 is 24.0 Å². The topological polar surface area (TPSA) is 117 Å². The Kier molecular flexibility index (Phi) is 6.77. The van der Waals surface area contributed by atoms with Gasteiger partial charge in [-0.3, -0.25) is 4.79 Å². The maximum Gasteiger partial charge on any atom is 0.342 e. The maximum atomic E-state index is 13.0. The third-order valence-corrected chi connectivity index (χ3v) is 6.06. The van der Waals surface area contributed by atoms with Gasteiger partial charge in [0.2, 0.25) is 0 Å². The van der Waals surface area contributed by atoms with E-state index in [4.69, 9.17) is 9.47 Å². The maximum absolute atomic E-state index is 13.0. The first kappa shape index (κ1) is 22.5. The number of aromatic nitrogens is 2. The van der Waals surface area contributed by atoms with Gasteiger partial charge in [0.25, 0.3) is 0 Å². The van der Waals surface area contributed by atoms with Gasteiger partial charge in [-0.15, -0.1) is 0 Å². The number of esters is 2. The Balaban J connectivity index is 2.14. The zero-order valence-corrected chi connectivity index (χ0v) is 18.3. The molecule has 0 spiro atoms. The Morgan fingerprint density at radius 1 is 1.19 bits per heavy atom. The first-order chi connectivity index (χ1) is 14.8. The van der Waals surface area contributed by atoms with Crippen LogP contribution in [0.5, 0.6) is 0 Å². The summed E-state index contributed by atoms with van der Waals surface area (Å²) < 4.78 is 11.6. The minimum Gasteiger partial charge on any atom is -0.468 e. The average Bonchev–Trinajstić information content (AvgIpc) is 3.13. The minimum absolute atomic E-state index is 0.0227. The van der Waals surface area contributed by atoms with Crippen LogP contribution in [-0.2, 0) is 25.6 Å². The van der Waals surface area contributed by atoms with Gasteiger partial charge in [-0.2, -0.15) is 0 Å². The van der Waals surface area contributed by atoms with Crippen LogP contribution >= 0.6 is 0 Å². The summed E-state index contributed by atoms with van der Waals surface area (Å²) >= 11 is 0. The number of nitro groups is 1. The SMILES string of the molecule is COC(=O)C1=C(C)C=C(N2CCCCC2)[C@H](C(=O)OC)[C@H]1Cn1c([N+](=O)[O-])cnc1C. The molecule has 0 unspecified atom stereocenters. The molecule has 1 fully saturated rings. The van der Waals surface area contributed by atoms with Crippen molar-refractivity contribution in [2.24, 2.45) is 11.8 Å². The van der Waals surface area contributed by atoms with Crippen LogP contribution < -0.4 is 0 Å². The highest BCUT2D eigenvalue weighted by Crippen LogP contribution is 2.40. The van der Waals surface area contributed by atoms with Crippen LogP contribution in [0.4, 0.5) is 5.82 Å². The van der Waals surface area contributed by atoms with Crippen LogP contribution in [0.2, 0.25) is 0 Å². The summed E-state index contributed by atoms with van der Waals surface area (Å²) in [6, 6.07) is 0. The van der Waals surface area contributed by atoms with E-state index in [0.717, 1.165) is 38.0 Å². The molecule has 0 N–H and O–H groups in total. The first-order valence-electron chi connectivity index (χ1n) is 10.3. The van der Waals surface area contributed by atoms with Crippen LogP contribution in [0.15, 0.2) is 29.1 Å². The van der Waals surface area contributed by atoms with E-state index in [2.05, 4.69) is 9.88 Å². The number of imidazole rings is 1. The Bertz CT molecular complexity index is 942. The fraction of sp³-hybridized carbons (Fsp3) is 0.571. The smallest absolute Gasteiger partial charge is 0.342 e. The fourth-order valence-corrected chi connectivity index (χ4v) is 4.55. The standard InChI is InChI=1S/C21H28N4O6/c1-13-10-16(23-8-6-5-7-9-23)19(21(27)31-4)15(18(13)20(26)30-3)12-24-14(2)22-11-17(24)25(28)29/h10-11,15,19H,5-9,12H2,1-4H3/t15-,19+/m0/s1. The van der Waals surface area contributed by atoms with E-state index in [9.17, 15) is 19.7 Å². The molecule has 2 heterocycles. The summed E-state index contributed by atoms with van der Waals surface area (Å²) in [6.07, 6.45) is 6.17. The number of aryl methyl sites for hydroxylation is 1. The second-order valence-corrected chi connectivity index (χ2v) is 7.84. The van der Waals surface area contributed by atoms with Gasteiger partial charge in [-0.25, -0.2) is 14.3 Å². The van der Waals surface area contributed by atoms with Crippen molar-refractivity contribution >= 4 is 17.8 Å². The molecular formula is C21H28N4O6. The number of hydrogen-bond donors (Lipinski definition) is 0. The van der Waals surface area contributed by atoms with Crippen molar-refractivity contribution in [3.8, 4) is 0 Å². The summed E-state index contributed by atoms with van der Waals surface area (Å²) in [4.78, 5) is 42.9. The highest BCUT2D eigenvalue weighted by atomic mass is 16.6. The van der Waals surface area contributed by atoms with Gasteiger partial charge in [0.15, 0.2) is 5.82 Å². The summed E-state index contributed by atoms with van der Waals surface area (Å²) in [5, 5.41) is 11.5. The molecule has 10 nitrogen and oxygen atoms in total. The van der Waals surface area contributed by atoms with E-state index in [1.165, 1.54) is 25.0 Å². The minimum atomic E-state index is -0.790. The quantitative estimate of drug-likeness (QED) is 0.382. The second-order valence-electron chi connectivity index (χ2n) is 7.84. The molecule has 1 aliphatic carbocycles. The summed E-state index contributed by atoms with van der Waals surface area (Å²) in [6.45, 7) is 5.08. The highest BCUT2D eigenvalue weighted by Gasteiger charge is 2.45. The van der Waals surface area contributed by atoms with E-state index >= 15 is 0 Å². The lowest BCUT2D eigenvalue weighted by atomic mass is 9.76. The zero-order chi connectivity index (χ0) is 22.7. The van der Waals surface area contributed by atoms with Gasteiger partial charge < -0.3 is 24.5 Å². The summed E-state index contributed by atoms with van der Waals surface area (Å²) in [7, 11) is 2.59. The molecule has 2 aliphatic rings. The lowest BCUT2D eigenvalue weighted by Crippen LogP contribution is -2.43. The van der Waals surface area contributed by atoms with Crippen molar-refractivity contribution in [3.63, 3.8) is 0 Å². The van der Waals surface area contributed by atoms with Crippen molar-refractivity contribution in [2.75, 3.05) is 27.3 Å². The van der Waals surface area contributed by atoms with Crippen molar-refractivity contribution in [2.45, 2.75) is 39.7 Å². The van der Waals surface area contributed by atoms with Gasteiger partial charge in [0.1, 0.15) is 18.7 Å². The fourth-order valence-electron chi connectivity index (χ4n) is 4.55. The summed E-state index contributed by atoms with van der Waals surface area (Å²) in [5.74, 6) is -2.32. The Hall–Kier alpha value is -3.17. The number of carbonyl (C=O) groups is 2. The van der Waals surface area contributed by atoms with E-state index < -0.39 is 28.7 Å². The predicted octanol–water partition coefficient (Wildman–Crippen LogP) is 2.38. The van der Waals surface area contributed by atoms with Gasteiger partial charge in [0, 0.05) is 37.2 Å². The Morgan fingerprint density at radius 2 is 1.87 bits per heavy atom. The van der Waals surface area contributed by atoms with Crippen molar-refractivity contribution in [1.29, 1.82) is 0 Å². The third kappa shape index (κ3) is 4.33. The van der Waals surface area contributed by atoms with Crippen LogP contribution in [0.3, 0.4) is 0 Å². The van der Waals surface area contributed by atoms with Gasteiger partial charge >= 0.3 is 17.8 Å². The molecule has 1 saturated heterocycles. The lowest BCUT2D eigenvalue weighted by Gasteiger charge is -2.39. The Labute approximate surface area is 180 Å². The lowest BCUT2D eigenvalue weighted by molar-refractivity contribution is -0.392. The van der Waals surface area contributed by atoms with Crippen LogP contribution in [-0.4, -0.2) is 58.6 Å². The first-order valence-corrected chi connectivity index (χ1v) is 10.3. The summed E-state index contributed by atoms with van der Waals surface area (Å²) in [5.41, 5.74) is 1.78. The van der Waals surface area contributed by atoms with Crippen molar-refractivity contribution in [3.05, 3.63) is 45.1 Å². The number of carbonyl (C=O) groups excluding carboxylic acids is 2. The number of methoxy groups -OCH3 is 2. The molecule has 1 aromatic heterocycles. The molecule has 1 aromatic rings. The van der Waals surface area contributed by atoms with E-state index in [0.29, 0.717) is 17.0 Å². The molecule has 3 rings (SSSR count). The molecule has 2 atom stereocenters.